The zero-order chi connectivity index (χ0) is 20.1. The zero-order valence-electron chi connectivity index (χ0n) is 14.6. The monoisotopic (exact) mass is 399 g/mol. The summed E-state index contributed by atoms with van der Waals surface area (Å²) in [7, 11) is 0. The normalized spacial score (nSPS) is 45.8. The molecule has 0 bridgehead atoms. The highest BCUT2D eigenvalue weighted by atomic mass is 16.7. The molecule has 0 aliphatic carbocycles. The van der Waals surface area contributed by atoms with Gasteiger partial charge in [0.25, 0.3) is 0 Å². The van der Waals surface area contributed by atoms with Crippen molar-refractivity contribution >= 4 is 0 Å². The van der Waals surface area contributed by atoms with Crippen LogP contribution in [0.5, 0.6) is 0 Å². The van der Waals surface area contributed by atoms with Gasteiger partial charge in [0.15, 0.2) is 12.6 Å². The van der Waals surface area contributed by atoms with E-state index in [1.807, 2.05) is 0 Å². The van der Waals surface area contributed by atoms with Gasteiger partial charge in [0.05, 0.1) is 13.2 Å². The van der Waals surface area contributed by atoms with Crippen molar-refractivity contribution in [2.45, 2.75) is 67.8 Å². The Labute approximate surface area is 155 Å². The predicted molar refractivity (Wildman–Crippen MR) is 86.0 cm³/mol. The summed E-state index contributed by atoms with van der Waals surface area (Å²) >= 11 is 0. The molecular weight excluding hydrogens is 370 g/mol. The molecule has 0 unspecified atom stereocenters. The van der Waals surface area contributed by atoms with Crippen LogP contribution < -0.4 is 5.73 Å². The molecule has 0 aromatic carbocycles. The Morgan fingerprint density at radius 2 is 1.44 bits per heavy atom. The van der Waals surface area contributed by atoms with E-state index in [1.54, 1.807) is 0 Å². The van der Waals surface area contributed by atoms with Crippen molar-refractivity contribution in [2.75, 3.05) is 26.4 Å². The van der Waals surface area contributed by atoms with Crippen LogP contribution >= 0.6 is 0 Å². The Kier molecular flexibility index (Phi) is 8.73. The first kappa shape index (κ1) is 22.8. The largest absolute Gasteiger partial charge is 0.394 e. The molecule has 9 N–H and O–H groups in total. The molecule has 2 aliphatic heterocycles. The van der Waals surface area contributed by atoms with Crippen LogP contribution in [0, 0.1) is 0 Å². The summed E-state index contributed by atoms with van der Waals surface area (Å²) in [5, 5.41) is 68.2. The quantitative estimate of drug-likeness (QED) is 0.181. The number of hydrogen-bond acceptors (Lipinski definition) is 12. The van der Waals surface area contributed by atoms with E-state index in [9.17, 15) is 35.7 Å². The van der Waals surface area contributed by atoms with Gasteiger partial charge in [0, 0.05) is 6.61 Å². The molecule has 0 radical (unpaired) electrons. The summed E-state index contributed by atoms with van der Waals surface area (Å²) < 4.78 is 21.4. The molecule has 0 aromatic heterocycles. The van der Waals surface area contributed by atoms with Gasteiger partial charge in [0.2, 0.25) is 0 Å². The van der Waals surface area contributed by atoms with Gasteiger partial charge in [0.1, 0.15) is 48.8 Å². The highest BCUT2D eigenvalue weighted by Crippen LogP contribution is 2.26. The molecule has 2 rings (SSSR count). The molecule has 10 atom stereocenters. The zero-order valence-corrected chi connectivity index (χ0v) is 14.6. The molecule has 160 valence electrons. The Hall–Kier alpha value is -0.480. The SMILES string of the molecule is NCCCO[C@H]1[C@H](OC[C@H]2O[C@@H](O)[C@H](O)[C@@H](O)[C@@H]2O)O[C@H](CO)[C@@H](O)[C@@H]1O. The van der Waals surface area contributed by atoms with Crippen molar-refractivity contribution in [3.8, 4) is 0 Å². The van der Waals surface area contributed by atoms with Gasteiger partial charge in [-0.15, -0.1) is 0 Å². The minimum atomic E-state index is -1.72. The number of nitrogens with two attached hydrogens (primary N) is 1. The Balaban J connectivity index is 2.01. The molecule has 0 aromatic rings. The van der Waals surface area contributed by atoms with Gasteiger partial charge in [-0.1, -0.05) is 0 Å². The maximum atomic E-state index is 10.2. The third-order valence-electron chi connectivity index (χ3n) is 4.60. The van der Waals surface area contributed by atoms with Gasteiger partial charge in [-0.25, -0.2) is 0 Å². The van der Waals surface area contributed by atoms with Crippen molar-refractivity contribution in [1.82, 2.24) is 0 Å². The fourth-order valence-electron chi connectivity index (χ4n) is 2.93. The molecule has 2 aliphatic rings. The minimum Gasteiger partial charge on any atom is -0.394 e. The van der Waals surface area contributed by atoms with E-state index in [1.165, 1.54) is 0 Å². The van der Waals surface area contributed by atoms with Crippen LogP contribution in [-0.4, -0.2) is 124 Å². The molecule has 0 spiro atoms. The third kappa shape index (κ3) is 5.32. The lowest BCUT2D eigenvalue weighted by Crippen LogP contribution is -2.62. The Morgan fingerprint density at radius 3 is 2.07 bits per heavy atom. The number of aliphatic hydroxyl groups is 7. The first-order valence-electron chi connectivity index (χ1n) is 8.75. The summed E-state index contributed by atoms with van der Waals surface area (Å²) in [5.41, 5.74) is 5.39. The molecule has 12 nitrogen and oxygen atoms in total. The average Bonchev–Trinajstić information content (AvgIpc) is 2.66. The standard InChI is InChI=1S/C15H29NO11/c16-2-1-3-24-13-11(21)8(18)6(4-17)27-15(13)25-5-7-9(19)10(20)12(22)14(23)26-7/h6-15,17-23H,1-5,16H2/t6-,7-,8-,9-,10+,11+,12-,13-,14-,15-/m1/s1. The fraction of sp³-hybridized carbons (Fsp3) is 1.00. The number of aliphatic hydroxyl groups excluding tert-OH is 7. The predicted octanol–water partition coefficient (Wildman–Crippen LogP) is -5.02. The van der Waals surface area contributed by atoms with Gasteiger partial charge >= 0.3 is 0 Å². The molecule has 27 heavy (non-hydrogen) atoms. The second kappa shape index (κ2) is 10.3. The van der Waals surface area contributed by atoms with Crippen LogP contribution in [0.2, 0.25) is 0 Å². The molecule has 0 amide bonds. The average molecular weight is 399 g/mol. The maximum Gasteiger partial charge on any atom is 0.187 e. The van der Waals surface area contributed by atoms with Gasteiger partial charge in [-0.2, -0.15) is 0 Å². The fourth-order valence-corrected chi connectivity index (χ4v) is 2.93. The maximum absolute atomic E-state index is 10.2. The van der Waals surface area contributed by atoms with Crippen LogP contribution in [-0.2, 0) is 18.9 Å². The van der Waals surface area contributed by atoms with E-state index in [2.05, 4.69) is 0 Å². The Morgan fingerprint density at radius 1 is 0.778 bits per heavy atom. The summed E-state index contributed by atoms with van der Waals surface area (Å²) in [5.74, 6) is 0. The summed E-state index contributed by atoms with van der Waals surface area (Å²) in [6.45, 7) is -0.481. The van der Waals surface area contributed by atoms with E-state index in [0.717, 1.165) is 0 Å². The lowest BCUT2D eigenvalue weighted by atomic mass is 9.98. The molecule has 2 saturated heterocycles. The molecule has 12 heteroatoms. The summed E-state index contributed by atoms with van der Waals surface area (Å²) in [6, 6.07) is 0. The van der Waals surface area contributed by atoms with Gasteiger partial charge in [-0.05, 0) is 13.0 Å². The van der Waals surface area contributed by atoms with Crippen molar-refractivity contribution in [3.63, 3.8) is 0 Å². The minimum absolute atomic E-state index is 0.157. The molecule has 2 fully saturated rings. The highest BCUT2D eigenvalue weighted by molar-refractivity contribution is 4.92. The molecule has 0 saturated carbocycles. The van der Waals surface area contributed by atoms with E-state index in [4.69, 9.17) is 24.7 Å². The van der Waals surface area contributed by atoms with Gasteiger partial charge < -0.3 is 60.4 Å². The number of ether oxygens (including phenoxy) is 4. The van der Waals surface area contributed by atoms with Crippen LogP contribution in [0.4, 0.5) is 0 Å². The first-order chi connectivity index (χ1) is 12.8. The van der Waals surface area contributed by atoms with E-state index in [-0.39, 0.29) is 6.61 Å². The van der Waals surface area contributed by atoms with E-state index >= 15 is 0 Å². The van der Waals surface area contributed by atoms with Crippen LogP contribution in [0.1, 0.15) is 6.42 Å². The topological polar surface area (TPSA) is 205 Å². The van der Waals surface area contributed by atoms with Crippen LogP contribution in [0.3, 0.4) is 0 Å². The summed E-state index contributed by atoms with van der Waals surface area (Å²) in [4.78, 5) is 0. The van der Waals surface area contributed by atoms with Crippen LogP contribution in [0.25, 0.3) is 0 Å². The van der Waals surface area contributed by atoms with E-state index in [0.29, 0.717) is 13.0 Å². The molecule has 2 heterocycles. The van der Waals surface area contributed by atoms with E-state index < -0.39 is 74.6 Å². The van der Waals surface area contributed by atoms with Crippen molar-refractivity contribution < 1.29 is 54.7 Å². The first-order valence-corrected chi connectivity index (χ1v) is 8.75. The Bertz CT molecular complexity index is 444. The highest BCUT2D eigenvalue weighted by Gasteiger charge is 2.47. The lowest BCUT2D eigenvalue weighted by Gasteiger charge is -2.43. The second-order valence-electron chi connectivity index (χ2n) is 6.55. The van der Waals surface area contributed by atoms with Crippen molar-refractivity contribution in [1.29, 1.82) is 0 Å². The smallest absolute Gasteiger partial charge is 0.187 e. The van der Waals surface area contributed by atoms with Crippen molar-refractivity contribution in [3.05, 3.63) is 0 Å². The molecular formula is C15H29NO11. The van der Waals surface area contributed by atoms with Crippen LogP contribution in [0.15, 0.2) is 0 Å². The van der Waals surface area contributed by atoms with Crippen molar-refractivity contribution in [2.24, 2.45) is 5.73 Å². The number of hydrogen-bond donors (Lipinski definition) is 8. The van der Waals surface area contributed by atoms with Gasteiger partial charge in [-0.3, -0.25) is 0 Å². The lowest BCUT2D eigenvalue weighted by molar-refractivity contribution is -0.330. The number of rotatable bonds is 8. The second-order valence-corrected chi connectivity index (χ2v) is 6.55. The third-order valence-corrected chi connectivity index (χ3v) is 4.60. The summed E-state index contributed by atoms with van der Waals surface area (Å²) in [6.07, 6.45) is -13.6.